The number of carbonyl (C=O) groups excluding carboxylic acids is 1. The molecule has 2 aromatic heterocycles. The minimum absolute atomic E-state index is 0.0173. The average Bonchev–Trinajstić information content (AvgIpc) is 3.35. The number of carbonyl (C=O) groups is 1. The van der Waals surface area contributed by atoms with Crippen LogP contribution in [0.25, 0.3) is 11.0 Å². The molecule has 0 spiro atoms. The number of furan rings is 1. The molecule has 176 valence electrons. The van der Waals surface area contributed by atoms with Crippen LogP contribution in [0, 0.1) is 0 Å². The van der Waals surface area contributed by atoms with E-state index in [4.69, 9.17) is 4.42 Å². The highest BCUT2D eigenvalue weighted by Gasteiger charge is 2.31. The van der Waals surface area contributed by atoms with Gasteiger partial charge in [-0.25, -0.2) is 4.98 Å². The molecule has 34 heavy (non-hydrogen) atoms. The summed E-state index contributed by atoms with van der Waals surface area (Å²) in [5, 5.41) is 2.77. The summed E-state index contributed by atoms with van der Waals surface area (Å²) in [5.41, 5.74) is -0.112. The Morgan fingerprint density at radius 2 is 1.88 bits per heavy atom. The van der Waals surface area contributed by atoms with Gasteiger partial charge in [0.05, 0.1) is 35.4 Å². The van der Waals surface area contributed by atoms with Gasteiger partial charge < -0.3 is 14.3 Å². The van der Waals surface area contributed by atoms with E-state index in [0.29, 0.717) is 11.3 Å². The van der Waals surface area contributed by atoms with Gasteiger partial charge in [-0.2, -0.15) is 13.2 Å². The average molecular weight is 469 g/mol. The smallest absolute Gasteiger partial charge is 0.416 e. The summed E-state index contributed by atoms with van der Waals surface area (Å²) in [4.78, 5) is 29.9. The zero-order valence-electron chi connectivity index (χ0n) is 18.3. The molecular formula is C25H22F3N3O3. The number of nitrogens with one attached hydrogen (secondary N) is 1. The lowest BCUT2D eigenvalue weighted by atomic mass is 10.1. The molecule has 0 saturated carbocycles. The van der Waals surface area contributed by atoms with E-state index in [1.807, 2.05) is 30.3 Å². The number of rotatable bonds is 7. The molecular weight excluding hydrogens is 447 g/mol. The molecule has 0 bridgehead atoms. The molecule has 0 aliphatic rings. The fourth-order valence-corrected chi connectivity index (χ4v) is 3.72. The Hall–Kier alpha value is -3.88. The number of hydrogen-bond donors (Lipinski definition) is 1. The number of nitrogens with zero attached hydrogens (tertiary/aromatic N) is 2. The van der Waals surface area contributed by atoms with E-state index < -0.39 is 17.3 Å². The highest BCUT2D eigenvalue weighted by molar-refractivity contribution is 5.77. The molecule has 6 nitrogen and oxygen atoms in total. The number of amides is 1. The first-order chi connectivity index (χ1) is 16.2. The van der Waals surface area contributed by atoms with Crippen molar-refractivity contribution in [3.63, 3.8) is 0 Å². The summed E-state index contributed by atoms with van der Waals surface area (Å²) in [5.74, 6) is 0.255. The second kappa shape index (κ2) is 9.54. The Labute approximate surface area is 193 Å². The summed E-state index contributed by atoms with van der Waals surface area (Å²) >= 11 is 0. The van der Waals surface area contributed by atoms with Crippen LogP contribution in [0.2, 0.25) is 0 Å². The molecule has 9 heteroatoms. The van der Waals surface area contributed by atoms with E-state index in [-0.39, 0.29) is 42.5 Å². The quantitative estimate of drug-likeness (QED) is 0.419. The summed E-state index contributed by atoms with van der Waals surface area (Å²) in [7, 11) is 0. The molecule has 1 N–H and O–H groups in total. The van der Waals surface area contributed by atoms with Crippen LogP contribution in [0.3, 0.4) is 0 Å². The minimum Gasteiger partial charge on any atom is -0.467 e. The predicted octanol–water partition coefficient (Wildman–Crippen LogP) is 4.87. The number of aromatic nitrogens is 2. The van der Waals surface area contributed by atoms with Crippen LogP contribution in [-0.4, -0.2) is 15.5 Å². The van der Waals surface area contributed by atoms with Crippen LogP contribution in [0.1, 0.15) is 42.0 Å². The van der Waals surface area contributed by atoms with E-state index in [2.05, 4.69) is 10.3 Å². The van der Waals surface area contributed by atoms with Crippen molar-refractivity contribution in [3.8, 4) is 0 Å². The standard InChI is InChI=1S/C25H22F3N3O3/c1-16(22-8-5-13-34-22)29-23(32)12-10-19-24(33)31(15-17-6-3-2-4-7-17)21-11-9-18(25(26,27)28)14-20(21)30-19/h2-9,11,13-14,16H,10,12,15H2,1H3,(H,29,32)/t16-/m1/s1. The maximum absolute atomic E-state index is 13.3. The van der Waals surface area contributed by atoms with E-state index >= 15 is 0 Å². The van der Waals surface area contributed by atoms with Crippen molar-refractivity contribution in [2.45, 2.75) is 38.5 Å². The zero-order chi connectivity index (χ0) is 24.3. The van der Waals surface area contributed by atoms with Gasteiger partial charge in [-0.1, -0.05) is 30.3 Å². The maximum atomic E-state index is 13.3. The van der Waals surface area contributed by atoms with Gasteiger partial charge in [0, 0.05) is 12.8 Å². The van der Waals surface area contributed by atoms with Gasteiger partial charge in [0.1, 0.15) is 11.5 Å². The van der Waals surface area contributed by atoms with Crippen molar-refractivity contribution in [2.75, 3.05) is 0 Å². The first-order valence-electron chi connectivity index (χ1n) is 10.7. The Kier molecular flexibility index (Phi) is 6.54. The van der Waals surface area contributed by atoms with Gasteiger partial charge in [-0.15, -0.1) is 0 Å². The number of hydrogen-bond acceptors (Lipinski definition) is 4. The number of aryl methyl sites for hydroxylation is 1. The molecule has 1 atom stereocenters. The normalized spacial score (nSPS) is 12.6. The molecule has 0 unspecified atom stereocenters. The number of alkyl halides is 3. The van der Waals surface area contributed by atoms with Crippen LogP contribution in [-0.2, 0) is 23.9 Å². The van der Waals surface area contributed by atoms with Gasteiger partial charge in [-0.05, 0) is 42.8 Å². The molecule has 2 heterocycles. The SMILES string of the molecule is C[C@@H](NC(=O)CCc1nc2cc(C(F)(F)F)ccc2n(Cc2ccccc2)c1=O)c1ccco1. The molecule has 0 aliphatic carbocycles. The van der Waals surface area contributed by atoms with E-state index in [9.17, 15) is 22.8 Å². The second-order valence-corrected chi connectivity index (χ2v) is 7.94. The molecule has 0 aliphatic heterocycles. The lowest BCUT2D eigenvalue weighted by molar-refractivity contribution is -0.137. The van der Waals surface area contributed by atoms with Gasteiger partial charge >= 0.3 is 6.18 Å². The van der Waals surface area contributed by atoms with Gasteiger partial charge in [0.2, 0.25) is 5.91 Å². The summed E-state index contributed by atoms with van der Waals surface area (Å²) in [6.07, 6.45) is -3.11. The van der Waals surface area contributed by atoms with Crippen LogP contribution in [0.5, 0.6) is 0 Å². The highest BCUT2D eigenvalue weighted by atomic mass is 19.4. The summed E-state index contributed by atoms with van der Waals surface area (Å²) in [6, 6.07) is 15.3. The monoisotopic (exact) mass is 469 g/mol. The third-order valence-electron chi connectivity index (χ3n) is 5.46. The van der Waals surface area contributed by atoms with E-state index in [1.165, 1.54) is 16.9 Å². The van der Waals surface area contributed by atoms with E-state index in [1.54, 1.807) is 19.1 Å². The Bertz CT molecular complexity index is 1350. The Morgan fingerprint density at radius 3 is 2.56 bits per heavy atom. The molecule has 4 aromatic rings. The molecule has 0 fully saturated rings. The van der Waals surface area contributed by atoms with Crippen molar-refractivity contribution >= 4 is 16.9 Å². The number of benzene rings is 2. The molecule has 1 amide bonds. The lowest BCUT2D eigenvalue weighted by Gasteiger charge is -2.15. The molecule has 0 radical (unpaired) electrons. The van der Waals surface area contributed by atoms with Crippen molar-refractivity contribution in [1.82, 2.24) is 14.9 Å². The third kappa shape index (κ3) is 5.19. The molecule has 0 saturated heterocycles. The topological polar surface area (TPSA) is 77.1 Å². The van der Waals surface area contributed by atoms with Gasteiger partial charge in [-0.3, -0.25) is 9.59 Å². The van der Waals surface area contributed by atoms with Gasteiger partial charge in [0.15, 0.2) is 0 Å². The van der Waals surface area contributed by atoms with Crippen molar-refractivity contribution < 1.29 is 22.4 Å². The second-order valence-electron chi connectivity index (χ2n) is 7.94. The van der Waals surface area contributed by atoms with Crippen LogP contribution < -0.4 is 10.9 Å². The van der Waals surface area contributed by atoms with Crippen molar-refractivity contribution in [2.24, 2.45) is 0 Å². The van der Waals surface area contributed by atoms with E-state index in [0.717, 1.165) is 17.7 Å². The van der Waals surface area contributed by atoms with Crippen molar-refractivity contribution in [1.29, 1.82) is 0 Å². The largest absolute Gasteiger partial charge is 0.467 e. The summed E-state index contributed by atoms with van der Waals surface area (Å²) < 4.78 is 46.5. The predicted molar refractivity (Wildman–Crippen MR) is 120 cm³/mol. The maximum Gasteiger partial charge on any atom is 0.416 e. The molecule has 4 rings (SSSR count). The van der Waals surface area contributed by atoms with Crippen LogP contribution in [0.4, 0.5) is 13.2 Å². The fraction of sp³-hybridized carbons (Fsp3) is 0.240. The number of fused-ring (bicyclic) bond motifs is 1. The third-order valence-corrected chi connectivity index (χ3v) is 5.46. The summed E-state index contributed by atoms with van der Waals surface area (Å²) in [6.45, 7) is 1.93. The molecule has 2 aromatic carbocycles. The first kappa shape index (κ1) is 23.3. The minimum atomic E-state index is -4.54. The Balaban J connectivity index is 1.65. The van der Waals surface area contributed by atoms with Crippen molar-refractivity contribution in [3.05, 3.63) is 99.9 Å². The van der Waals surface area contributed by atoms with Crippen LogP contribution in [0.15, 0.2) is 76.1 Å². The highest BCUT2D eigenvalue weighted by Crippen LogP contribution is 2.31. The fourth-order valence-electron chi connectivity index (χ4n) is 3.72. The first-order valence-corrected chi connectivity index (χ1v) is 10.7. The Morgan fingerprint density at radius 1 is 1.12 bits per heavy atom. The van der Waals surface area contributed by atoms with Crippen LogP contribution >= 0.6 is 0 Å². The lowest BCUT2D eigenvalue weighted by Crippen LogP contribution is -2.30. The zero-order valence-corrected chi connectivity index (χ0v) is 18.3. The van der Waals surface area contributed by atoms with Gasteiger partial charge in [0.25, 0.3) is 5.56 Å². The number of halogens is 3.